The summed E-state index contributed by atoms with van der Waals surface area (Å²) >= 11 is 3.43. The van der Waals surface area contributed by atoms with Crippen molar-refractivity contribution in [3.8, 4) is 5.69 Å². The SMILES string of the molecule is Cc1cccc(NC(=O)c2c(C)nn(-c3ccc(Br)cc3)c2C)c1. The van der Waals surface area contributed by atoms with Gasteiger partial charge >= 0.3 is 0 Å². The molecule has 0 bridgehead atoms. The van der Waals surface area contributed by atoms with Crippen molar-refractivity contribution in [3.63, 3.8) is 0 Å². The summed E-state index contributed by atoms with van der Waals surface area (Å²) < 4.78 is 2.80. The van der Waals surface area contributed by atoms with Crippen molar-refractivity contribution in [1.29, 1.82) is 0 Å². The number of hydrogen-bond acceptors (Lipinski definition) is 2. The van der Waals surface area contributed by atoms with Crippen LogP contribution in [0.15, 0.2) is 53.0 Å². The van der Waals surface area contributed by atoms with Gasteiger partial charge in [-0.15, -0.1) is 0 Å². The number of aryl methyl sites for hydroxylation is 2. The van der Waals surface area contributed by atoms with E-state index in [1.807, 2.05) is 69.3 Å². The molecule has 0 aliphatic rings. The summed E-state index contributed by atoms with van der Waals surface area (Å²) in [4.78, 5) is 12.7. The second-order valence-corrected chi connectivity index (χ2v) is 6.67. The normalized spacial score (nSPS) is 10.7. The van der Waals surface area contributed by atoms with Crippen LogP contribution >= 0.6 is 15.9 Å². The lowest BCUT2D eigenvalue weighted by atomic mass is 10.1. The smallest absolute Gasteiger partial charge is 0.259 e. The highest BCUT2D eigenvalue weighted by molar-refractivity contribution is 9.10. The maximum absolute atomic E-state index is 12.7. The number of amides is 1. The third-order valence-corrected chi connectivity index (χ3v) is 4.39. The van der Waals surface area contributed by atoms with E-state index in [0.717, 1.165) is 27.1 Å². The minimum Gasteiger partial charge on any atom is -0.322 e. The summed E-state index contributed by atoms with van der Waals surface area (Å²) in [6.07, 6.45) is 0. The van der Waals surface area contributed by atoms with E-state index in [1.54, 1.807) is 4.68 Å². The van der Waals surface area contributed by atoms with Crippen LogP contribution in [-0.2, 0) is 0 Å². The number of nitrogens with zero attached hydrogens (tertiary/aromatic N) is 2. The second kappa shape index (κ2) is 6.61. The van der Waals surface area contributed by atoms with Crippen molar-refractivity contribution >= 4 is 27.5 Å². The molecule has 0 atom stereocenters. The molecule has 0 aliphatic heterocycles. The van der Waals surface area contributed by atoms with Crippen LogP contribution in [0.1, 0.15) is 27.3 Å². The Labute approximate surface area is 149 Å². The van der Waals surface area contributed by atoms with Crippen LogP contribution in [0.25, 0.3) is 5.69 Å². The lowest BCUT2D eigenvalue weighted by Gasteiger charge is -2.07. The molecule has 0 spiro atoms. The van der Waals surface area contributed by atoms with Gasteiger partial charge in [0.1, 0.15) is 0 Å². The lowest BCUT2D eigenvalue weighted by Crippen LogP contribution is -2.14. The third kappa shape index (κ3) is 3.26. The average molecular weight is 384 g/mol. The highest BCUT2D eigenvalue weighted by atomic mass is 79.9. The van der Waals surface area contributed by atoms with Crippen molar-refractivity contribution in [2.75, 3.05) is 5.32 Å². The van der Waals surface area contributed by atoms with E-state index < -0.39 is 0 Å². The van der Waals surface area contributed by atoms with Crippen LogP contribution < -0.4 is 5.32 Å². The Balaban J connectivity index is 1.94. The fourth-order valence-corrected chi connectivity index (χ4v) is 2.99. The summed E-state index contributed by atoms with van der Waals surface area (Å²) in [6, 6.07) is 15.6. The van der Waals surface area contributed by atoms with E-state index in [9.17, 15) is 4.79 Å². The number of halogens is 1. The largest absolute Gasteiger partial charge is 0.322 e. The van der Waals surface area contributed by atoms with Crippen LogP contribution in [0.3, 0.4) is 0 Å². The van der Waals surface area contributed by atoms with E-state index >= 15 is 0 Å². The molecule has 0 saturated carbocycles. The first kappa shape index (κ1) is 16.5. The molecule has 2 aromatic carbocycles. The number of hydrogen-bond donors (Lipinski definition) is 1. The standard InChI is InChI=1S/C19H18BrN3O/c1-12-5-4-6-16(11-12)21-19(24)18-13(2)22-23(14(18)3)17-9-7-15(20)8-10-17/h4-11H,1-3H3,(H,21,24). The van der Waals surface area contributed by atoms with E-state index in [4.69, 9.17) is 0 Å². The van der Waals surface area contributed by atoms with E-state index in [0.29, 0.717) is 11.3 Å². The molecule has 0 saturated heterocycles. The average Bonchev–Trinajstić information content (AvgIpc) is 2.83. The Morgan fingerprint density at radius 3 is 2.46 bits per heavy atom. The van der Waals surface area contributed by atoms with Gasteiger partial charge in [-0.25, -0.2) is 4.68 Å². The van der Waals surface area contributed by atoms with Gasteiger partial charge < -0.3 is 5.32 Å². The number of rotatable bonds is 3. The summed E-state index contributed by atoms with van der Waals surface area (Å²) in [7, 11) is 0. The van der Waals surface area contributed by atoms with Crippen molar-refractivity contribution in [1.82, 2.24) is 9.78 Å². The molecule has 122 valence electrons. The molecule has 0 unspecified atom stereocenters. The van der Waals surface area contributed by atoms with Crippen molar-refractivity contribution in [3.05, 3.63) is 75.5 Å². The van der Waals surface area contributed by atoms with E-state index in [-0.39, 0.29) is 5.91 Å². The molecular weight excluding hydrogens is 366 g/mol. The molecule has 1 amide bonds. The van der Waals surface area contributed by atoms with Crippen LogP contribution in [0.4, 0.5) is 5.69 Å². The Morgan fingerprint density at radius 1 is 1.08 bits per heavy atom. The third-order valence-electron chi connectivity index (χ3n) is 3.87. The number of aromatic nitrogens is 2. The van der Waals surface area contributed by atoms with E-state index in [2.05, 4.69) is 26.3 Å². The number of benzene rings is 2. The van der Waals surface area contributed by atoms with Crippen LogP contribution in [0, 0.1) is 20.8 Å². The van der Waals surface area contributed by atoms with Crippen molar-refractivity contribution in [2.24, 2.45) is 0 Å². The monoisotopic (exact) mass is 383 g/mol. The number of nitrogens with one attached hydrogen (secondary N) is 1. The zero-order chi connectivity index (χ0) is 17.3. The Morgan fingerprint density at radius 2 is 1.79 bits per heavy atom. The second-order valence-electron chi connectivity index (χ2n) is 5.76. The van der Waals surface area contributed by atoms with Crippen LogP contribution in [-0.4, -0.2) is 15.7 Å². The highest BCUT2D eigenvalue weighted by Gasteiger charge is 2.19. The fourth-order valence-electron chi connectivity index (χ4n) is 2.72. The molecule has 0 radical (unpaired) electrons. The highest BCUT2D eigenvalue weighted by Crippen LogP contribution is 2.21. The van der Waals surface area contributed by atoms with Crippen molar-refractivity contribution in [2.45, 2.75) is 20.8 Å². The van der Waals surface area contributed by atoms with Crippen LogP contribution in [0.2, 0.25) is 0 Å². The maximum atomic E-state index is 12.7. The Kier molecular flexibility index (Phi) is 4.53. The van der Waals surface area contributed by atoms with Crippen LogP contribution in [0.5, 0.6) is 0 Å². The molecule has 1 heterocycles. The first-order chi connectivity index (χ1) is 11.5. The van der Waals surface area contributed by atoms with Gasteiger partial charge in [-0.2, -0.15) is 5.10 Å². The zero-order valence-electron chi connectivity index (χ0n) is 13.8. The topological polar surface area (TPSA) is 46.9 Å². The van der Waals surface area contributed by atoms with Gasteiger partial charge in [-0.1, -0.05) is 28.1 Å². The number of anilines is 1. The van der Waals surface area contributed by atoms with Gasteiger partial charge in [0.15, 0.2) is 0 Å². The summed E-state index contributed by atoms with van der Waals surface area (Å²) in [5.74, 6) is -0.140. The minimum atomic E-state index is -0.140. The van der Waals surface area contributed by atoms with E-state index in [1.165, 1.54) is 0 Å². The van der Waals surface area contributed by atoms with Crippen molar-refractivity contribution < 1.29 is 4.79 Å². The lowest BCUT2D eigenvalue weighted by molar-refractivity contribution is 0.102. The maximum Gasteiger partial charge on any atom is 0.259 e. The minimum absolute atomic E-state index is 0.140. The van der Waals surface area contributed by atoms with Gasteiger partial charge in [0, 0.05) is 10.2 Å². The van der Waals surface area contributed by atoms with Gasteiger partial charge in [-0.05, 0) is 62.7 Å². The summed E-state index contributed by atoms with van der Waals surface area (Å²) in [5.41, 5.74) is 4.95. The van der Waals surface area contributed by atoms with Gasteiger partial charge in [0.05, 0.1) is 22.6 Å². The predicted molar refractivity (Wildman–Crippen MR) is 99.9 cm³/mol. The first-order valence-electron chi connectivity index (χ1n) is 7.66. The molecule has 1 N–H and O–H groups in total. The van der Waals surface area contributed by atoms with Gasteiger partial charge in [0.25, 0.3) is 5.91 Å². The summed E-state index contributed by atoms with van der Waals surface area (Å²) in [5, 5.41) is 7.49. The Bertz CT molecular complexity index is 897. The van der Waals surface area contributed by atoms with Gasteiger partial charge in [0.2, 0.25) is 0 Å². The molecule has 24 heavy (non-hydrogen) atoms. The first-order valence-corrected chi connectivity index (χ1v) is 8.45. The van der Waals surface area contributed by atoms with Gasteiger partial charge in [-0.3, -0.25) is 4.79 Å². The Hall–Kier alpha value is -2.40. The molecule has 0 fully saturated rings. The molecule has 5 heteroatoms. The molecule has 0 aliphatic carbocycles. The fraction of sp³-hybridized carbons (Fsp3) is 0.158. The quantitative estimate of drug-likeness (QED) is 0.704. The predicted octanol–water partition coefficient (Wildman–Crippen LogP) is 4.81. The molecule has 4 nitrogen and oxygen atoms in total. The summed E-state index contributed by atoms with van der Waals surface area (Å²) in [6.45, 7) is 5.76. The number of carbonyl (C=O) groups is 1. The molecule has 1 aromatic heterocycles. The molecule has 3 rings (SSSR count). The molecular formula is C19H18BrN3O. The zero-order valence-corrected chi connectivity index (χ0v) is 15.4. The number of carbonyl (C=O) groups excluding carboxylic acids is 1. The molecule has 3 aromatic rings.